The highest BCUT2D eigenvalue weighted by molar-refractivity contribution is 4.83. The van der Waals surface area contributed by atoms with Gasteiger partial charge in [0.2, 0.25) is 0 Å². The first-order valence-electron chi connectivity index (χ1n) is 5.33. The number of hydrogen-bond acceptors (Lipinski definition) is 2. The summed E-state index contributed by atoms with van der Waals surface area (Å²) in [5.41, 5.74) is 0. The third kappa shape index (κ3) is 2.12. The second-order valence-corrected chi connectivity index (χ2v) is 4.16. The lowest BCUT2D eigenvalue weighted by Crippen LogP contribution is -2.16. The summed E-state index contributed by atoms with van der Waals surface area (Å²) in [5.74, 6) is 0.759. The zero-order valence-corrected chi connectivity index (χ0v) is 8.08. The summed E-state index contributed by atoms with van der Waals surface area (Å²) < 4.78 is 0. The summed E-state index contributed by atoms with van der Waals surface area (Å²) in [5, 5.41) is 0. The molecule has 2 unspecified atom stereocenters. The van der Waals surface area contributed by atoms with Gasteiger partial charge in [0.1, 0.15) is 0 Å². The van der Waals surface area contributed by atoms with Gasteiger partial charge in [-0.2, -0.15) is 0 Å². The van der Waals surface area contributed by atoms with Crippen molar-refractivity contribution in [2.45, 2.75) is 50.7 Å². The van der Waals surface area contributed by atoms with E-state index >= 15 is 0 Å². The van der Waals surface area contributed by atoms with Gasteiger partial charge in [-0.25, -0.2) is 9.78 Å². The Kier molecular flexibility index (Phi) is 3.01. The highest BCUT2D eigenvalue weighted by atomic mass is 17.2. The maximum atomic E-state index is 5.35. The van der Waals surface area contributed by atoms with E-state index < -0.39 is 0 Å². The summed E-state index contributed by atoms with van der Waals surface area (Å²) in [7, 11) is 0. The molecular weight excluding hydrogens is 164 g/mol. The molecule has 0 N–H and O–H groups in total. The molecule has 2 nitrogen and oxygen atoms in total. The van der Waals surface area contributed by atoms with Crippen molar-refractivity contribution < 1.29 is 9.78 Å². The van der Waals surface area contributed by atoms with E-state index in [2.05, 4.69) is 6.58 Å². The Hall–Kier alpha value is -0.340. The number of rotatable bonds is 3. The van der Waals surface area contributed by atoms with Gasteiger partial charge in [0, 0.05) is 6.42 Å². The van der Waals surface area contributed by atoms with Crippen molar-refractivity contribution in [2.75, 3.05) is 0 Å². The van der Waals surface area contributed by atoms with Crippen molar-refractivity contribution in [3.05, 3.63) is 12.7 Å². The fourth-order valence-electron chi connectivity index (χ4n) is 2.41. The predicted molar refractivity (Wildman–Crippen MR) is 51.1 cm³/mol. The van der Waals surface area contributed by atoms with Crippen LogP contribution in [-0.2, 0) is 9.78 Å². The molecule has 0 radical (unpaired) electrons. The lowest BCUT2D eigenvalue weighted by atomic mass is 9.96. The number of hydrogen-bond donors (Lipinski definition) is 0. The summed E-state index contributed by atoms with van der Waals surface area (Å²) in [6.07, 6.45) is 9.93. The molecule has 1 heterocycles. The van der Waals surface area contributed by atoms with E-state index in [1.807, 2.05) is 6.08 Å². The zero-order chi connectivity index (χ0) is 9.10. The van der Waals surface area contributed by atoms with Crippen LogP contribution in [0.5, 0.6) is 0 Å². The Morgan fingerprint density at radius 1 is 1.23 bits per heavy atom. The molecule has 2 fully saturated rings. The molecule has 0 spiro atoms. The summed E-state index contributed by atoms with van der Waals surface area (Å²) in [6, 6.07) is 0. The fraction of sp³-hybridized carbons (Fsp3) is 0.818. The van der Waals surface area contributed by atoms with Crippen LogP contribution in [0.1, 0.15) is 38.5 Å². The Morgan fingerprint density at radius 3 is 2.69 bits per heavy atom. The van der Waals surface area contributed by atoms with Crippen molar-refractivity contribution in [2.24, 2.45) is 5.92 Å². The van der Waals surface area contributed by atoms with Gasteiger partial charge < -0.3 is 0 Å². The molecule has 2 atom stereocenters. The van der Waals surface area contributed by atoms with Crippen molar-refractivity contribution in [3.63, 3.8) is 0 Å². The first-order chi connectivity index (χ1) is 6.40. The third-order valence-electron chi connectivity index (χ3n) is 3.17. The standard InChI is InChI=1S/C11H18O2/c1-2-5-10-8-11(13-12-10)9-6-3-4-7-9/h2,9-11H,1,3-8H2. The van der Waals surface area contributed by atoms with Crippen LogP contribution in [-0.4, -0.2) is 12.2 Å². The first kappa shape index (κ1) is 9.22. The van der Waals surface area contributed by atoms with Gasteiger partial charge >= 0.3 is 0 Å². The lowest BCUT2D eigenvalue weighted by Gasteiger charge is -2.13. The maximum Gasteiger partial charge on any atom is 0.0990 e. The van der Waals surface area contributed by atoms with Crippen molar-refractivity contribution in [1.29, 1.82) is 0 Å². The van der Waals surface area contributed by atoms with Gasteiger partial charge in [0.05, 0.1) is 12.2 Å². The van der Waals surface area contributed by atoms with Crippen LogP contribution in [0.25, 0.3) is 0 Å². The van der Waals surface area contributed by atoms with Gasteiger partial charge in [-0.15, -0.1) is 6.58 Å². The largest absolute Gasteiger partial charge is 0.233 e. The van der Waals surface area contributed by atoms with E-state index in [1.165, 1.54) is 25.7 Å². The molecule has 13 heavy (non-hydrogen) atoms. The maximum absolute atomic E-state index is 5.35. The molecule has 0 aromatic carbocycles. The second-order valence-electron chi connectivity index (χ2n) is 4.16. The molecule has 0 amide bonds. The Balaban J connectivity index is 1.79. The average molecular weight is 182 g/mol. The Bertz CT molecular complexity index is 173. The monoisotopic (exact) mass is 182 g/mol. The van der Waals surface area contributed by atoms with Crippen molar-refractivity contribution in [1.82, 2.24) is 0 Å². The van der Waals surface area contributed by atoms with Crippen molar-refractivity contribution in [3.8, 4) is 0 Å². The van der Waals surface area contributed by atoms with Crippen LogP contribution >= 0.6 is 0 Å². The molecule has 0 aromatic heterocycles. The van der Waals surface area contributed by atoms with Crippen LogP contribution in [0, 0.1) is 5.92 Å². The molecule has 2 aliphatic rings. The zero-order valence-electron chi connectivity index (χ0n) is 8.08. The third-order valence-corrected chi connectivity index (χ3v) is 3.17. The molecule has 0 bridgehead atoms. The van der Waals surface area contributed by atoms with Crippen LogP contribution < -0.4 is 0 Å². The normalized spacial score (nSPS) is 35.4. The summed E-state index contributed by atoms with van der Waals surface area (Å²) >= 11 is 0. The van der Waals surface area contributed by atoms with Crippen LogP contribution in [0.4, 0.5) is 0 Å². The molecule has 74 valence electrons. The second kappa shape index (κ2) is 4.25. The average Bonchev–Trinajstić information content (AvgIpc) is 2.70. The molecular formula is C11H18O2. The molecule has 2 heteroatoms. The van der Waals surface area contributed by atoms with Gasteiger partial charge in [-0.05, 0) is 25.2 Å². The minimum atomic E-state index is 0.267. The smallest absolute Gasteiger partial charge is 0.0990 e. The van der Waals surface area contributed by atoms with E-state index in [4.69, 9.17) is 9.78 Å². The first-order valence-corrected chi connectivity index (χ1v) is 5.33. The van der Waals surface area contributed by atoms with Crippen LogP contribution in [0.15, 0.2) is 12.7 Å². The quantitative estimate of drug-likeness (QED) is 0.493. The van der Waals surface area contributed by atoms with E-state index in [-0.39, 0.29) is 6.10 Å². The lowest BCUT2D eigenvalue weighted by molar-refractivity contribution is -0.302. The summed E-state index contributed by atoms with van der Waals surface area (Å²) in [4.78, 5) is 10.6. The van der Waals surface area contributed by atoms with Gasteiger partial charge in [0.25, 0.3) is 0 Å². The molecule has 2 rings (SSSR count). The topological polar surface area (TPSA) is 18.5 Å². The van der Waals surface area contributed by atoms with E-state index in [0.717, 1.165) is 18.8 Å². The predicted octanol–water partition coefficient (Wildman–Crippen LogP) is 2.84. The van der Waals surface area contributed by atoms with Crippen LogP contribution in [0.2, 0.25) is 0 Å². The minimum Gasteiger partial charge on any atom is -0.233 e. The minimum absolute atomic E-state index is 0.267. The van der Waals surface area contributed by atoms with Crippen molar-refractivity contribution >= 4 is 0 Å². The van der Waals surface area contributed by atoms with Gasteiger partial charge in [0.15, 0.2) is 0 Å². The fourth-order valence-corrected chi connectivity index (χ4v) is 2.41. The molecule has 1 aliphatic carbocycles. The molecule has 1 aliphatic heterocycles. The summed E-state index contributed by atoms with van der Waals surface area (Å²) in [6.45, 7) is 3.71. The molecule has 1 saturated heterocycles. The molecule has 1 saturated carbocycles. The van der Waals surface area contributed by atoms with E-state index in [1.54, 1.807) is 0 Å². The van der Waals surface area contributed by atoms with Gasteiger partial charge in [-0.3, -0.25) is 0 Å². The highest BCUT2D eigenvalue weighted by Gasteiger charge is 2.34. The van der Waals surface area contributed by atoms with Gasteiger partial charge in [-0.1, -0.05) is 18.9 Å². The highest BCUT2D eigenvalue weighted by Crippen LogP contribution is 2.35. The molecule has 0 aromatic rings. The van der Waals surface area contributed by atoms with E-state index in [9.17, 15) is 0 Å². The van der Waals surface area contributed by atoms with Crippen LogP contribution in [0.3, 0.4) is 0 Å². The Labute approximate surface area is 79.8 Å². The Morgan fingerprint density at radius 2 is 2.00 bits per heavy atom. The van der Waals surface area contributed by atoms with E-state index in [0.29, 0.717) is 6.10 Å². The SMILES string of the molecule is C=CCC1CC(C2CCCC2)OO1.